The molecule has 0 aliphatic heterocycles. The zero-order chi connectivity index (χ0) is 14.2. The van der Waals surface area contributed by atoms with Crippen molar-refractivity contribution in [2.75, 3.05) is 26.7 Å². The second-order valence-electron chi connectivity index (χ2n) is 4.90. The molecule has 0 radical (unpaired) electrons. The monoisotopic (exact) mass is 290 g/mol. The molecular weight excluding hydrogens is 268 g/mol. The zero-order valence-electron chi connectivity index (χ0n) is 11.9. The van der Waals surface area contributed by atoms with Gasteiger partial charge in [0.05, 0.1) is 0 Å². The minimum Gasteiger partial charge on any atom is -0.492 e. The summed E-state index contributed by atoms with van der Waals surface area (Å²) in [6.45, 7) is 3.28. The quantitative estimate of drug-likeness (QED) is 0.812. The molecule has 4 heteroatoms. The van der Waals surface area contributed by atoms with Crippen molar-refractivity contribution in [2.45, 2.75) is 13.0 Å². The van der Waals surface area contributed by atoms with Crippen molar-refractivity contribution < 1.29 is 4.74 Å². The van der Waals surface area contributed by atoms with Gasteiger partial charge in [-0.3, -0.25) is 4.90 Å². The van der Waals surface area contributed by atoms with Gasteiger partial charge in [-0.1, -0.05) is 12.1 Å². The van der Waals surface area contributed by atoms with Crippen molar-refractivity contribution in [3.8, 4) is 5.75 Å². The van der Waals surface area contributed by atoms with Crippen LogP contribution in [0.1, 0.15) is 11.1 Å². The predicted molar refractivity (Wildman–Crippen MR) is 85.3 cm³/mol. The average Bonchev–Trinajstić information content (AvgIpc) is 2.94. The van der Waals surface area contributed by atoms with Gasteiger partial charge in [-0.25, -0.2) is 0 Å². The summed E-state index contributed by atoms with van der Waals surface area (Å²) in [5.41, 5.74) is 8.15. The maximum atomic E-state index is 5.76. The molecule has 0 aliphatic carbocycles. The van der Waals surface area contributed by atoms with E-state index in [1.54, 1.807) is 11.3 Å². The van der Waals surface area contributed by atoms with Gasteiger partial charge in [-0.15, -0.1) is 0 Å². The Balaban J connectivity index is 1.69. The molecular formula is C16H22N2OS. The lowest BCUT2D eigenvalue weighted by atomic mass is 10.1. The van der Waals surface area contributed by atoms with Crippen LogP contribution >= 0.6 is 11.3 Å². The normalized spacial score (nSPS) is 10.9. The molecule has 1 heterocycles. The molecule has 2 N–H and O–H groups in total. The summed E-state index contributed by atoms with van der Waals surface area (Å²) in [6, 6.07) is 10.4. The first-order valence-corrected chi connectivity index (χ1v) is 7.83. The molecule has 108 valence electrons. The summed E-state index contributed by atoms with van der Waals surface area (Å²) < 4.78 is 5.76. The highest BCUT2D eigenvalue weighted by molar-refractivity contribution is 7.07. The van der Waals surface area contributed by atoms with Gasteiger partial charge in [0, 0.05) is 13.1 Å². The summed E-state index contributed by atoms with van der Waals surface area (Å²) >= 11 is 1.74. The summed E-state index contributed by atoms with van der Waals surface area (Å²) in [4.78, 5) is 2.27. The van der Waals surface area contributed by atoms with Crippen LogP contribution in [0.2, 0.25) is 0 Å². The van der Waals surface area contributed by atoms with Gasteiger partial charge in [0.2, 0.25) is 0 Å². The third-order valence-corrected chi connectivity index (χ3v) is 3.86. The summed E-state index contributed by atoms with van der Waals surface area (Å²) in [6.07, 6.45) is 0.920. The Labute approximate surface area is 125 Å². The largest absolute Gasteiger partial charge is 0.492 e. The standard InChI is InChI=1S/C16H22N2OS/c1-18(12-15-7-11-20-13-15)9-10-19-16-4-2-14(3-5-16)6-8-17/h2-5,7,11,13H,6,8-10,12,17H2,1H3. The molecule has 0 aliphatic rings. The van der Waals surface area contributed by atoms with Crippen molar-refractivity contribution in [1.29, 1.82) is 0 Å². The third kappa shape index (κ3) is 4.96. The van der Waals surface area contributed by atoms with Crippen LogP contribution in [0, 0.1) is 0 Å². The number of benzene rings is 1. The Kier molecular flexibility index (Phi) is 6.05. The maximum Gasteiger partial charge on any atom is 0.119 e. The summed E-state index contributed by atoms with van der Waals surface area (Å²) in [5.74, 6) is 0.926. The van der Waals surface area contributed by atoms with Crippen LogP contribution < -0.4 is 10.5 Å². The molecule has 2 rings (SSSR count). The second-order valence-corrected chi connectivity index (χ2v) is 5.68. The fraction of sp³-hybridized carbons (Fsp3) is 0.375. The highest BCUT2D eigenvalue weighted by atomic mass is 32.1. The van der Waals surface area contributed by atoms with Gasteiger partial charge in [0.15, 0.2) is 0 Å². The summed E-state index contributed by atoms with van der Waals surface area (Å²) in [7, 11) is 2.12. The van der Waals surface area contributed by atoms with Crippen LogP contribution in [0.3, 0.4) is 0 Å². The van der Waals surface area contributed by atoms with E-state index in [-0.39, 0.29) is 0 Å². The van der Waals surface area contributed by atoms with Crippen LogP contribution in [-0.4, -0.2) is 31.6 Å². The topological polar surface area (TPSA) is 38.5 Å². The van der Waals surface area contributed by atoms with E-state index < -0.39 is 0 Å². The minimum absolute atomic E-state index is 0.688. The number of thiophene rings is 1. The van der Waals surface area contributed by atoms with Crippen molar-refractivity contribution >= 4 is 11.3 Å². The number of hydrogen-bond acceptors (Lipinski definition) is 4. The predicted octanol–water partition coefficient (Wildman–Crippen LogP) is 2.76. The van der Waals surface area contributed by atoms with Gasteiger partial charge in [-0.2, -0.15) is 11.3 Å². The maximum absolute atomic E-state index is 5.76. The van der Waals surface area contributed by atoms with Gasteiger partial charge in [0.1, 0.15) is 12.4 Å². The minimum atomic E-state index is 0.688. The lowest BCUT2D eigenvalue weighted by Crippen LogP contribution is -2.23. The Morgan fingerprint density at radius 2 is 1.95 bits per heavy atom. The number of nitrogens with two attached hydrogens (primary N) is 1. The van der Waals surface area contributed by atoms with Crippen molar-refractivity contribution in [3.63, 3.8) is 0 Å². The molecule has 2 aromatic rings. The summed E-state index contributed by atoms with van der Waals surface area (Å²) in [5, 5.41) is 4.30. The first kappa shape index (κ1) is 15.0. The number of nitrogens with zero attached hydrogens (tertiary/aromatic N) is 1. The molecule has 0 bridgehead atoms. The molecule has 0 saturated carbocycles. The molecule has 3 nitrogen and oxygen atoms in total. The first-order chi connectivity index (χ1) is 9.78. The molecule has 0 spiro atoms. The second kappa shape index (κ2) is 8.04. The van der Waals surface area contributed by atoms with Crippen molar-refractivity contribution in [3.05, 3.63) is 52.2 Å². The Morgan fingerprint density at radius 1 is 1.15 bits per heavy atom. The van der Waals surface area contributed by atoms with E-state index in [1.807, 2.05) is 12.1 Å². The van der Waals surface area contributed by atoms with Gasteiger partial charge in [-0.05, 0) is 60.1 Å². The number of rotatable bonds is 8. The van der Waals surface area contributed by atoms with Gasteiger partial charge in [0.25, 0.3) is 0 Å². The van der Waals surface area contributed by atoms with Crippen molar-refractivity contribution in [2.24, 2.45) is 5.73 Å². The smallest absolute Gasteiger partial charge is 0.119 e. The molecule has 1 aromatic carbocycles. The molecule has 0 atom stereocenters. The Hall–Kier alpha value is -1.36. The van der Waals surface area contributed by atoms with Crippen LogP contribution in [0.4, 0.5) is 0 Å². The SMILES string of the molecule is CN(CCOc1ccc(CCN)cc1)Cc1ccsc1. The first-order valence-electron chi connectivity index (χ1n) is 6.89. The molecule has 0 amide bonds. The molecule has 20 heavy (non-hydrogen) atoms. The van der Waals surface area contributed by atoms with Crippen LogP contribution in [0.15, 0.2) is 41.1 Å². The van der Waals surface area contributed by atoms with E-state index in [0.717, 1.165) is 25.3 Å². The zero-order valence-corrected chi connectivity index (χ0v) is 12.7. The Morgan fingerprint density at radius 3 is 2.60 bits per heavy atom. The fourth-order valence-corrected chi connectivity index (χ4v) is 2.67. The fourth-order valence-electron chi connectivity index (χ4n) is 2.01. The van der Waals surface area contributed by atoms with Gasteiger partial charge < -0.3 is 10.5 Å². The number of ether oxygens (including phenoxy) is 1. The van der Waals surface area contributed by atoms with Crippen LogP contribution in [0.25, 0.3) is 0 Å². The van der Waals surface area contributed by atoms with Crippen LogP contribution in [-0.2, 0) is 13.0 Å². The number of hydrogen-bond donors (Lipinski definition) is 1. The highest BCUT2D eigenvalue weighted by Gasteiger charge is 2.01. The molecule has 0 saturated heterocycles. The van der Waals surface area contributed by atoms with Crippen LogP contribution in [0.5, 0.6) is 5.75 Å². The molecule has 0 fully saturated rings. The number of likely N-dealkylation sites (N-methyl/N-ethyl adjacent to an activating group) is 1. The van der Waals surface area contributed by atoms with E-state index in [4.69, 9.17) is 10.5 Å². The molecule has 0 unspecified atom stereocenters. The highest BCUT2D eigenvalue weighted by Crippen LogP contribution is 2.13. The van der Waals surface area contributed by atoms with E-state index in [1.165, 1.54) is 11.1 Å². The van der Waals surface area contributed by atoms with Gasteiger partial charge >= 0.3 is 0 Å². The van der Waals surface area contributed by atoms with E-state index >= 15 is 0 Å². The van der Waals surface area contributed by atoms with Crippen molar-refractivity contribution in [1.82, 2.24) is 4.90 Å². The average molecular weight is 290 g/mol. The van der Waals surface area contributed by atoms with E-state index in [2.05, 4.69) is 40.9 Å². The lowest BCUT2D eigenvalue weighted by Gasteiger charge is -2.16. The molecule has 1 aromatic heterocycles. The van der Waals surface area contributed by atoms with E-state index in [0.29, 0.717) is 13.2 Å². The Bertz CT molecular complexity index is 482. The third-order valence-electron chi connectivity index (χ3n) is 3.13. The lowest BCUT2D eigenvalue weighted by molar-refractivity contribution is 0.233. The van der Waals surface area contributed by atoms with E-state index in [9.17, 15) is 0 Å².